The van der Waals surface area contributed by atoms with Crippen LogP contribution in [0.15, 0.2) is 61.2 Å². The Bertz CT molecular complexity index is 861. The van der Waals surface area contributed by atoms with E-state index in [-0.39, 0.29) is 0 Å². The fourth-order valence-electron chi connectivity index (χ4n) is 3.51. The highest BCUT2D eigenvalue weighted by Gasteiger charge is 2.26. The van der Waals surface area contributed by atoms with Gasteiger partial charge in [-0.05, 0) is 35.2 Å². The number of fused-ring (bicyclic) bond motifs is 1. The van der Waals surface area contributed by atoms with E-state index in [9.17, 15) is 0 Å². The van der Waals surface area contributed by atoms with Crippen molar-refractivity contribution < 1.29 is 0 Å². The second-order valence-electron chi connectivity index (χ2n) is 6.53. The van der Waals surface area contributed by atoms with E-state index in [1.807, 2.05) is 36.9 Å². The molecule has 1 aromatic heterocycles. The van der Waals surface area contributed by atoms with Crippen LogP contribution in [0.3, 0.4) is 0 Å². The highest BCUT2D eigenvalue weighted by Crippen LogP contribution is 2.28. The zero-order valence-electron chi connectivity index (χ0n) is 13.8. The first-order valence-corrected chi connectivity index (χ1v) is 9.15. The van der Waals surface area contributed by atoms with E-state index in [1.54, 1.807) is 0 Å². The van der Waals surface area contributed by atoms with Crippen molar-refractivity contribution >= 4 is 23.2 Å². The Hall–Kier alpha value is -1.81. The molecule has 0 spiro atoms. The maximum atomic E-state index is 6.41. The van der Waals surface area contributed by atoms with Gasteiger partial charge < -0.3 is 4.57 Å². The summed E-state index contributed by atoms with van der Waals surface area (Å²) in [6.07, 6.45) is 6.76. The molecule has 1 aliphatic rings. The molecular weight excluding hydrogens is 353 g/mol. The van der Waals surface area contributed by atoms with Crippen LogP contribution >= 0.6 is 23.2 Å². The van der Waals surface area contributed by atoms with Gasteiger partial charge in [0.15, 0.2) is 0 Å². The van der Waals surface area contributed by atoms with E-state index < -0.39 is 0 Å². The number of halogens is 2. The number of hydrogen-bond acceptors (Lipinski definition) is 2. The second kappa shape index (κ2) is 7.20. The van der Waals surface area contributed by atoms with Crippen LogP contribution in [-0.4, -0.2) is 20.5 Å². The molecule has 0 aliphatic carbocycles. The molecule has 0 bridgehead atoms. The Labute approximate surface area is 157 Å². The highest BCUT2D eigenvalue weighted by atomic mass is 35.5. The van der Waals surface area contributed by atoms with Gasteiger partial charge in [0, 0.05) is 48.1 Å². The molecule has 0 fully saturated rings. The SMILES string of the molecule is Clc1ccc(CN2Cc3ccccc3CC2Cn2ccnc2)c(Cl)c1. The molecule has 0 N–H and O–H groups in total. The average molecular weight is 372 g/mol. The first-order chi connectivity index (χ1) is 12.2. The maximum Gasteiger partial charge on any atom is 0.0946 e. The summed E-state index contributed by atoms with van der Waals surface area (Å²) < 4.78 is 2.15. The molecule has 3 nitrogen and oxygen atoms in total. The third-order valence-electron chi connectivity index (χ3n) is 4.83. The van der Waals surface area contributed by atoms with Gasteiger partial charge in [-0.25, -0.2) is 4.98 Å². The van der Waals surface area contributed by atoms with Crippen LogP contribution in [0.2, 0.25) is 10.0 Å². The molecule has 0 saturated carbocycles. The number of rotatable bonds is 4. The summed E-state index contributed by atoms with van der Waals surface area (Å²) >= 11 is 12.5. The van der Waals surface area contributed by atoms with E-state index in [2.05, 4.69) is 38.7 Å². The van der Waals surface area contributed by atoms with E-state index in [0.29, 0.717) is 11.1 Å². The monoisotopic (exact) mass is 371 g/mol. The summed E-state index contributed by atoms with van der Waals surface area (Å²) in [5, 5.41) is 1.40. The Balaban J connectivity index is 1.62. The van der Waals surface area contributed by atoms with Gasteiger partial charge in [0.2, 0.25) is 0 Å². The molecule has 25 heavy (non-hydrogen) atoms. The first kappa shape index (κ1) is 16.6. The average Bonchev–Trinajstić information content (AvgIpc) is 3.11. The topological polar surface area (TPSA) is 21.1 Å². The minimum atomic E-state index is 0.399. The van der Waals surface area contributed by atoms with Crippen molar-refractivity contribution in [2.45, 2.75) is 32.1 Å². The van der Waals surface area contributed by atoms with Gasteiger partial charge in [-0.3, -0.25) is 4.90 Å². The summed E-state index contributed by atoms with van der Waals surface area (Å²) in [4.78, 5) is 6.67. The van der Waals surface area contributed by atoms with Crippen LogP contribution in [0, 0.1) is 0 Å². The minimum absolute atomic E-state index is 0.399. The fourth-order valence-corrected chi connectivity index (χ4v) is 3.98. The lowest BCUT2D eigenvalue weighted by molar-refractivity contribution is 0.146. The summed E-state index contributed by atoms with van der Waals surface area (Å²) in [7, 11) is 0. The van der Waals surface area contributed by atoms with Gasteiger partial charge in [-0.2, -0.15) is 0 Å². The molecule has 5 heteroatoms. The van der Waals surface area contributed by atoms with E-state index in [4.69, 9.17) is 23.2 Å². The maximum absolute atomic E-state index is 6.41. The summed E-state index contributed by atoms with van der Waals surface area (Å²) in [6, 6.07) is 14.9. The number of nitrogens with zero attached hydrogens (tertiary/aromatic N) is 3. The van der Waals surface area contributed by atoms with Crippen molar-refractivity contribution in [1.82, 2.24) is 14.5 Å². The van der Waals surface area contributed by atoms with E-state index >= 15 is 0 Å². The van der Waals surface area contributed by atoms with Gasteiger partial charge >= 0.3 is 0 Å². The van der Waals surface area contributed by atoms with Gasteiger partial charge in [0.25, 0.3) is 0 Å². The normalized spacial score (nSPS) is 17.4. The molecular formula is C20H19Cl2N3. The summed E-state index contributed by atoms with van der Waals surface area (Å²) in [5.41, 5.74) is 3.95. The number of aromatic nitrogens is 2. The Morgan fingerprint density at radius 2 is 1.92 bits per heavy atom. The van der Waals surface area contributed by atoms with Gasteiger partial charge in [-0.15, -0.1) is 0 Å². The third kappa shape index (κ3) is 3.74. The molecule has 3 aromatic rings. The highest BCUT2D eigenvalue weighted by molar-refractivity contribution is 6.35. The van der Waals surface area contributed by atoms with Crippen molar-refractivity contribution in [2.75, 3.05) is 0 Å². The molecule has 2 aromatic carbocycles. The lowest BCUT2D eigenvalue weighted by Crippen LogP contribution is -2.42. The van der Waals surface area contributed by atoms with Crippen LogP contribution in [0.5, 0.6) is 0 Å². The van der Waals surface area contributed by atoms with Crippen LogP contribution in [0.1, 0.15) is 16.7 Å². The zero-order chi connectivity index (χ0) is 17.2. The number of hydrogen-bond donors (Lipinski definition) is 0. The van der Waals surface area contributed by atoms with Gasteiger partial charge in [-0.1, -0.05) is 53.5 Å². The van der Waals surface area contributed by atoms with Crippen LogP contribution < -0.4 is 0 Å². The van der Waals surface area contributed by atoms with Crippen LogP contribution in [0.25, 0.3) is 0 Å². The van der Waals surface area contributed by atoms with Crippen molar-refractivity contribution in [3.05, 3.63) is 87.9 Å². The molecule has 0 amide bonds. The lowest BCUT2D eigenvalue weighted by Gasteiger charge is -2.37. The van der Waals surface area contributed by atoms with Crippen molar-refractivity contribution in [1.29, 1.82) is 0 Å². The lowest BCUT2D eigenvalue weighted by atomic mass is 9.93. The fraction of sp³-hybridized carbons (Fsp3) is 0.250. The number of imidazole rings is 1. The Morgan fingerprint density at radius 1 is 1.08 bits per heavy atom. The molecule has 4 rings (SSSR count). The van der Waals surface area contributed by atoms with Crippen LogP contribution in [0.4, 0.5) is 0 Å². The van der Waals surface area contributed by atoms with Gasteiger partial charge in [0.1, 0.15) is 0 Å². The molecule has 128 valence electrons. The number of benzene rings is 2. The molecule has 0 saturated heterocycles. The predicted molar refractivity (Wildman–Crippen MR) is 102 cm³/mol. The van der Waals surface area contributed by atoms with Crippen molar-refractivity contribution in [3.8, 4) is 0 Å². The quantitative estimate of drug-likeness (QED) is 0.655. The second-order valence-corrected chi connectivity index (χ2v) is 7.37. The summed E-state index contributed by atoms with van der Waals surface area (Å²) in [6.45, 7) is 2.65. The smallest absolute Gasteiger partial charge is 0.0946 e. The third-order valence-corrected chi connectivity index (χ3v) is 5.42. The largest absolute Gasteiger partial charge is 0.336 e. The predicted octanol–water partition coefficient (Wildman–Crippen LogP) is 4.82. The summed E-state index contributed by atoms with van der Waals surface area (Å²) in [5.74, 6) is 0. The molecule has 2 heterocycles. The van der Waals surface area contributed by atoms with Crippen molar-refractivity contribution in [3.63, 3.8) is 0 Å². The first-order valence-electron chi connectivity index (χ1n) is 8.39. The van der Waals surface area contributed by atoms with Gasteiger partial charge in [0.05, 0.1) is 6.33 Å². The minimum Gasteiger partial charge on any atom is -0.336 e. The molecule has 1 unspecified atom stereocenters. The standard InChI is InChI=1S/C20H19Cl2N3/c21-18-6-5-17(20(22)10-18)12-25-11-16-4-2-1-3-15(16)9-19(25)13-24-8-7-23-14-24/h1-8,10,14,19H,9,11-13H2. The Kier molecular flexibility index (Phi) is 4.80. The zero-order valence-corrected chi connectivity index (χ0v) is 15.3. The van der Waals surface area contributed by atoms with Crippen molar-refractivity contribution in [2.24, 2.45) is 0 Å². The Morgan fingerprint density at radius 3 is 2.68 bits per heavy atom. The van der Waals surface area contributed by atoms with E-state index in [0.717, 1.165) is 36.6 Å². The molecule has 1 aliphatic heterocycles. The molecule has 0 radical (unpaired) electrons. The van der Waals surface area contributed by atoms with Crippen LogP contribution in [-0.2, 0) is 26.1 Å². The van der Waals surface area contributed by atoms with E-state index in [1.165, 1.54) is 11.1 Å². The molecule has 1 atom stereocenters.